The van der Waals surface area contributed by atoms with Crippen molar-refractivity contribution in [3.8, 4) is 5.82 Å². The first-order chi connectivity index (χ1) is 21.9. The van der Waals surface area contributed by atoms with Gasteiger partial charge in [0.05, 0.1) is 34.5 Å². The van der Waals surface area contributed by atoms with Crippen LogP contribution in [0.2, 0.25) is 0 Å². The summed E-state index contributed by atoms with van der Waals surface area (Å²) in [5.74, 6) is 1.76. The van der Waals surface area contributed by atoms with Crippen LogP contribution in [0.1, 0.15) is 17.2 Å². The van der Waals surface area contributed by atoms with E-state index in [2.05, 4.69) is 142 Å². The molecule has 4 heterocycles. The Labute approximate surface area is 254 Å². The lowest BCUT2D eigenvalue weighted by atomic mass is 10.00. The number of amidine groups is 1. The summed E-state index contributed by atoms with van der Waals surface area (Å²) in [5, 5.41) is 9.84. The van der Waals surface area contributed by atoms with Gasteiger partial charge < -0.3 is 14.5 Å². The highest BCUT2D eigenvalue weighted by atomic mass is 15.1. The molecule has 1 aliphatic heterocycles. The molecule has 9 rings (SSSR count). The standard InChI is InChI=1S/C39H27N5/c1-3-13-26(14-4-1)36-33(25-41-39(42-36)27-15-5-2-6-16-27)44-32-20-10-9-19-31(32)35-37-30(28-17-7-8-18-29(28)38(35)44)22-24-43(37)34-21-11-12-23-40-34/h1-25,36H,(H,41,42). The Bertz CT molecular complexity index is 2400. The highest BCUT2D eigenvalue weighted by Crippen LogP contribution is 2.45. The van der Waals surface area contributed by atoms with Crippen LogP contribution in [0.4, 0.5) is 0 Å². The molecule has 0 bridgehead atoms. The summed E-state index contributed by atoms with van der Waals surface area (Å²) in [4.78, 5) is 9.77. The molecule has 0 fully saturated rings. The number of nitrogens with one attached hydrogen (secondary N) is 1. The molecule has 44 heavy (non-hydrogen) atoms. The van der Waals surface area contributed by atoms with Crippen LogP contribution >= 0.6 is 0 Å². The summed E-state index contributed by atoms with van der Waals surface area (Å²) in [7, 11) is 0. The maximum Gasteiger partial charge on any atom is 0.137 e. The summed E-state index contributed by atoms with van der Waals surface area (Å²) in [6, 6.07) is 46.6. The van der Waals surface area contributed by atoms with Gasteiger partial charge in [-0.15, -0.1) is 0 Å². The van der Waals surface area contributed by atoms with E-state index in [1.807, 2.05) is 24.4 Å². The first-order valence-electron chi connectivity index (χ1n) is 14.9. The van der Waals surface area contributed by atoms with E-state index < -0.39 is 0 Å². The van der Waals surface area contributed by atoms with Gasteiger partial charge in [-0.3, -0.25) is 0 Å². The van der Waals surface area contributed by atoms with E-state index in [0.717, 1.165) is 39.5 Å². The molecule has 3 aromatic heterocycles. The van der Waals surface area contributed by atoms with Crippen LogP contribution in [0, 0.1) is 0 Å². The number of aliphatic imine (C=N–C) groups is 1. The molecule has 1 atom stereocenters. The van der Waals surface area contributed by atoms with E-state index in [1.165, 1.54) is 32.5 Å². The number of nitrogens with zero attached hydrogens (tertiary/aromatic N) is 4. The highest BCUT2D eigenvalue weighted by Gasteiger charge is 2.28. The highest BCUT2D eigenvalue weighted by molar-refractivity contribution is 6.32. The van der Waals surface area contributed by atoms with Crippen molar-refractivity contribution in [1.82, 2.24) is 19.4 Å². The van der Waals surface area contributed by atoms with Gasteiger partial charge in [-0.1, -0.05) is 109 Å². The normalized spacial score (nSPS) is 15.0. The molecule has 0 amide bonds. The molecule has 0 aliphatic carbocycles. The van der Waals surface area contributed by atoms with Crippen molar-refractivity contribution < 1.29 is 0 Å². The third-order valence-corrected chi connectivity index (χ3v) is 8.71. The number of hydrogen-bond donors (Lipinski definition) is 1. The van der Waals surface area contributed by atoms with E-state index in [9.17, 15) is 0 Å². The summed E-state index contributed by atoms with van der Waals surface area (Å²) >= 11 is 0. The first-order valence-corrected chi connectivity index (χ1v) is 14.9. The van der Waals surface area contributed by atoms with E-state index >= 15 is 0 Å². The van der Waals surface area contributed by atoms with Gasteiger partial charge in [0.1, 0.15) is 11.7 Å². The molecule has 5 aromatic carbocycles. The third-order valence-electron chi connectivity index (χ3n) is 8.71. The van der Waals surface area contributed by atoms with Crippen LogP contribution in [0.25, 0.3) is 55.0 Å². The third kappa shape index (κ3) is 3.66. The van der Waals surface area contributed by atoms with Crippen molar-refractivity contribution in [2.75, 3.05) is 0 Å². The van der Waals surface area contributed by atoms with Crippen molar-refractivity contribution in [1.29, 1.82) is 0 Å². The van der Waals surface area contributed by atoms with Crippen molar-refractivity contribution in [2.24, 2.45) is 4.99 Å². The fourth-order valence-electron chi connectivity index (χ4n) is 6.81. The van der Waals surface area contributed by atoms with Gasteiger partial charge in [-0.05, 0) is 35.2 Å². The monoisotopic (exact) mass is 565 g/mol. The minimum atomic E-state index is -0.125. The Balaban J connectivity index is 1.43. The number of rotatable bonds is 4. The zero-order valence-electron chi connectivity index (χ0n) is 23.8. The van der Waals surface area contributed by atoms with Gasteiger partial charge in [0.15, 0.2) is 0 Å². The predicted molar refractivity (Wildman–Crippen MR) is 181 cm³/mol. The fourth-order valence-corrected chi connectivity index (χ4v) is 6.81. The van der Waals surface area contributed by atoms with Crippen LogP contribution < -0.4 is 5.32 Å². The maximum atomic E-state index is 5.03. The molecule has 5 nitrogen and oxygen atoms in total. The lowest BCUT2D eigenvalue weighted by Crippen LogP contribution is -2.33. The van der Waals surface area contributed by atoms with Crippen LogP contribution in [0.15, 0.2) is 157 Å². The Morgan fingerprint density at radius 1 is 0.591 bits per heavy atom. The topological polar surface area (TPSA) is 47.1 Å². The summed E-state index contributed by atoms with van der Waals surface area (Å²) < 4.78 is 4.66. The second kappa shape index (κ2) is 9.82. The average molecular weight is 566 g/mol. The van der Waals surface area contributed by atoms with Crippen molar-refractivity contribution in [3.63, 3.8) is 0 Å². The van der Waals surface area contributed by atoms with Crippen molar-refractivity contribution in [3.05, 3.63) is 163 Å². The maximum absolute atomic E-state index is 5.03. The molecule has 1 unspecified atom stereocenters. The molecule has 0 saturated heterocycles. The number of benzene rings is 5. The summed E-state index contributed by atoms with van der Waals surface area (Å²) in [5.41, 5.74) is 6.77. The van der Waals surface area contributed by atoms with Gasteiger partial charge in [-0.2, -0.15) is 0 Å². The van der Waals surface area contributed by atoms with E-state index in [1.54, 1.807) is 0 Å². The lowest BCUT2D eigenvalue weighted by Gasteiger charge is -2.29. The molecule has 1 N–H and O–H groups in total. The van der Waals surface area contributed by atoms with Gasteiger partial charge in [0.2, 0.25) is 0 Å². The van der Waals surface area contributed by atoms with E-state index in [0.29, 0.717) is 0 Å². The molecular formula is C39H27N5. The molecule has 5 heteroatoms. The Morgan fingerprint density at radius 2 is 1.27 bits per heavy atom. The second-order valence-electron chi connectivity index (χ2n) is 11.1. The minimum Gasteiger partial charge on any atom is -0.357 e. The van der Waals surface area contributed by atoms with E-state index in [-0.39, 0.29) is 6.04 Å². The fraction of sp³-hybridized carbons (Fsp3) is 0.0256. The van der Waals surface area contributed by atoms with Crippen LogP contribution in [-0.2, 0) is 0 Å². The summed E-state index contributed by atoms with van der Waals surface area (Å²) in [6.07, 6.45) is 6.06. The Hall–Kier alpha value is -5.94. The van der Waals surface area contributed by atoms with Gasteiger partial charge in [-0.25, -0.2) is 9.98 Å². The molecule has 208 valence electrons. The van der Waals surface area contributed by atoms with Gasteiger partial charge in [0, 0.05) is 39.5 Å². The quantitative estimate of drug-likeness (QED) is 0.232. The van der Waals surface area contributed by atoms with Crippen molar-refractivity contribution >= 4 is 55.0 Å². The zero-order valence-corrected chi connectivity index (χ0v) is 23.8. The minimum absolute atomic E-state index is 0.125. The summed E-state index contributed by atoms with van der Waals surface area (Å²) in [6.45, 7) is 0. The molecule has 1 aliphatic rings. The Kier molecular flexibility index (Phi) is 5.50. The molecular weight excluding hydrogens is 538 g/mol. The van der Waals surface area contributed by atoms with E-state index in [4.69, 9.17) is 9.98 Å². The van der Waals surface area contributed by atoms with Gasteiger partial charge >= 0.3 is 0 Å². The van der Waals surface area contributed by atoms with Crippen LogP contribution in [-0.4, -0.2) is 20.0 Å². The number of aromatic nitrogens is 3. The smallest absolute Gasteiger partial charge is 0.137 e. The molecule has 0 saturated carbocycles. The van der Waals surface area contributed by atoms with Crippen molar-refractivity contribution in [2.45, 2.75) is 6.04 Å². The number of hydrogen-bond acceptors (Lipinski definition) is 3. The average Bonchev–Trinajstić information content (AvgIpc) is 3.70. The number of fused-ring (bicyclic) bond motifs is 8. The van der Waals surface area contributed by atoms with Crippen LogP contribution in [0.5, 0.6) is 0 Å². The molecule has 0 radical (unpaired) electrons. The predicted octanol–water partition coefficient (Wildman–Crippen LogP) is 8.88. The molecule has 0 spiro atoms. The second-order valence-corrected chi connectivity index (χ2v) is 11.1. The first kappa shape index (κ1) is 24.6. The number of pyridine rings is 1. The SMILES string of the molecule is C1=C(n2c3ccccc3c3c4c(ccn4-c4ccccn4)c4ccccc4c32)C(c2ccccc2)NC(c2ccccc2)=N1. The molecule has 8 aromatic rings. The van der Waals surface area contributed by atoms with Gasteiger partial charge in [0.25, 0.3) is 0 Å². The van der Waals surface area contributed by atoms with Crippen LogP contribution in [0.3, 0.4) is 0 Å². The number of para-hydroxylation sites is 1. The largest absolute Gasteiger partial charge is 0.357 e. The Morgan fingerprint density at radius 3 is 2.07 bits per heavy atom. The zero-order chi connectivity index (χ0) is 29.0. The lowest BCUT2D eigenvalue weighted by molar-refractivity contribution is 0.762.